The number of nitrogens with one attached hydrogen (secondary N) is 1. The van der Waals surface area contributed by atoms with Crippen molar-refractivity contribution in [2.24, 2.45) is 11.7 Å². The van der Waals surface area contributed by atoms with Crippen LogP contribution in [0.25, 0.3) is 0 Å². The molecule has 0 saturated carbocycles. The normalized spacial score (nSPS) is 20.3. The highest BCUT2D eigenvalue weighted by molar-refractivity contribution is 6.30. The van der Waals surface area contributed by atoms with Gasteiger partial charge in [0.15, 0.2) is 0 Å². The average Bonchev–Trinajstić information content (AvgIpc) is 3.12. The molecule has 25 heavy (non-hydrogen) atoms. The Morgan fingerprint density at radius 2 is 2.08 bits per heavy atom. The van der Waals surface area contributed by atoms with Gasteiger partial charge in [-0.1, -0.05) is 11.6 Å². The number of H-pyrrole nitrogens is 1. The molecule has 7 nitrogen and oxygen atoms in total. The van der Waals surface area contributed by atoms with E-state index in [1.54, 1.807) is 35.2 Å². The Hall–Kier alpha value is -2.54. The molecule has 0 bridgehead atoms. The second-order valence-electron chi connectivity index (χ2n) is 6.05. The summed E-state index contributed by atoms with van der Waals surface area (Å²) in [6.07, 6.45) is 2.11. The smallest absolute Gasteiger partial charge is 0.271 e. The van der Waals surface area contributed by atoms with E-state index in [0.29, 0.717) is 36.0 Å². The zero-order valence-corrected chi connectivity index (χ0v) is 14.3. The summed E-state index contributed by atoms with van der Waals surface area (Å²) >= 11 is 5.89. The summed E-state index contributed by atoms with van der Waals surface area (Å²) in [5.41, 5.74) is 5.81. The van der Waals surface area contributed by atoms with Crippen LogP contribution in [0, 0.1) is 5.92 Å². The molecule has 1 aliphatic rings. The number of benzene rings is 1. The fourth-order valence-electron chi connectivity index (χ4n) is 3.04. The first-order chi connectivity index (χ1) is 12.0. The molecular formula is C17H19ClN4O3. The van der Waals surface area contributed by atoms with Gasteiger partial charge in [0.05, 0.1) is 0 Å². The quantitative estimate of drug-likeness (QED) is 0.847. The van der Waals surface area contributed by atoms with Gasteiger partial charge in [-0.2, -0.15) is 5.10 Å². The monoisotopic (exact) mass is 362 g/mol. The molecule has 0 radical (unpaired) electrons. The predicted octanol–water partition coefficient (Wildman–Crippen LogP) is 1.85. The van der Waals surface area contributed by atoms with Crippen molar-refractivity contribution in [1.82, 2.24) is 15.1 Å². The van der Waals surface area contributed by atoms with Gasteiger partial charge < -0.3 is 15.4 Å². The van der Waals surface area contributed by atoms with Gasteiger partial charge in [0.25, 0.3) is 5.91 Å². The number of hydrogen-bond donors (Lipinski definition) is 2. The maximum absolute atomic E-state index is 12.5. The third kappa shape index (κ3) is 4.30. The van der Waals surface area contributed by atoms with E-state index in [-0.39, 0.29) is 24.3 Å². The molecule has 8 heteroatoms. The molecule has 1 aromatic carbocycles. The van der Waals surface area contributed by atoms with E-state index < -0.39 is 5.91 Å². The van der Waals surface area contributed by atoms with E-state index in [2.05, 4.69) is 10.2 Å². The number of rotatable bonds is 5. The Morgan fingerprint density at radius 3 is 2.72 bits per heavy atom. The number of nitrogens with zero attached hydrogens (tertiary/aromatic N) is 2. The van der Waals surface area contributed by atoms with E-state index in [0.717, 1.165) is 0 Å². The molecule has 0 spiro atoms. The molecule has 132 valence electrons. The number of likely N-dealkylation sites (tertiary alicyclic amines) is 1. The van der Waals surface area contributed by atoms with Crippen LogP contribution in [0.5, 0.6) is 5.75 Å². The van der Waals surface area contributed by atoms with E-state index in [1.807, 2.05) is 0 Å². The number of aromatic nitrogens is 2. The lowest BCUT2D eigenvalue weighted by Gasteiger charge is -2.38. The number of primary amides is 1. The van der Waals surface area contributed by atoms with Gasteiger partial charge in [-0.3, -0.25) is 14.7 Å². The van der Waals surface area contributed by atoms with Crippen LogP contribution in [-0.4, -0.2) is 46.1 Å². The Kier molecular flexibility index (Phi) is 5.23. The van der Waals surface area contributed by atoms with Gasteiger partial charge in [0.2, 0.25) is 5.91 Å². The molecular weight excluding hydrogens is 344 g/mol. The number of piperidine rings is 1. The van der Waals surface area contributed by atoms with Gasteiger partial charge in [-0.25, -0.2) is 0 Å². The zero-order valence-electron chi connectivity index (χ0n) is 13.5. The maximum atomic E-state index is 12.5. The summed E-state index contributed by atoms with van der Waals surface area (Å²) in [7, 11) is 0. The summed E-state index contributed by atoms with van der Waals surface area (Å²) < 4.78 is 6.02. The summed E-state index contributed by atoms with van der Waals surface area (Å²) in [4.78, 5) is 25.6. The second kappa shape index (κ2) is 7.57. The van der Waals surface area contributed by atoms with Crippen molar-refractivity contribution >= 4 is 23.4 Å². The number of ether oxygens (including phenoxy) is 1. The molecule has 2 aromatic rings. The summed E-state index contributed by atoms with van der Waals surface area (Å²) in [6.45, 7) is 0.935. The highest BCUT2D eigenvalue weighted by Crippen LogP contribution is 2.27. The molecule has 3 N–H and O–H groups in total. The van der Waals surface area contributed by atoms with Crippen molar-refractivity contribution in [3.63, 3.8) is 0 Å². The van der Waals surface area contributed by atoms with Crippen LogP contribution in [0.1, 0.15) is 23.3 Å². The van der Waals surface area contributed by atoms with Crippen LogP contribution in [0.4, 0.5) is 0 Å². The summed E-state index contributed by atoms with van der Waals surface area (Å²) in [5.74, 6) is -0.0477. The van der Waals surface area contributed by atoms with E-state index in [1.165, 1.54) is 6.20 Å². The number of carbonyl (C=O) groups is 2. The Morgan fingerprint density at radius 1 is 1.32 bits per heavy atom. The molecule has 1 aliphatic heterocycles. The predicted molar refractivity (Wildman–Crippen MR) is 92.3 cm³/mol. The fourth-order valence-corrected chi connectivity index (χ4v) is 3.16. The Balaban J connectivity index is 1.70. The molecule has 0 unspecified atom stereocenters. The fraction of sp³-hybridized carbons (Fsp3) is 0.353. The average molecular weight is 363 g/mol. The van der Waals surface area contributed by atoms with Crippen molar-refractivity contribution in [3.8, 4) is 5.75 Å². The number of hydrogen-bond acceptors (Lipinski definition) is 4. The van der Waals surface area contributed by atoms with Gasteiger partial charge in [0, 0.05) is 43.1 Å². The SMILES string of the molecule is NC(=O)C[C@H]1CN(C(=O)c2ccn[nH]2)CC[C@@H]1Oc1ccc(Cl)cc1. The molecule has 1 saturated heterocycles. The second-order valence-corrected chi connectivity index (χ2v) is 6.49. The van der Waals surface area contributed by atoms with Gasteiger partial charge in [0.1, 0.15) is 17.5 Å². The third-order valence-corrected chi connectivity index (χ3v) is 4.50. The Labute approximate surface area is 150 Å². The van der Waals surface area contributed by atoms with Crippen LogP contribution in [0.2, 0.25) is 5.02 Å². The van der Waals surface area contributed by atoms with Crippen molar-refractivity contribution in [1.29, 1.82) is 0 Å². The van der Waals surface area contributed by atoms with E-state index in [4.69, 9.17) is 22.1 Å². The largest absolute Gasteiger partial charge is 0.490 e. The molecule has 1 fully saturated rings. The zero-order chi connectivity index (χ0) is 17.8. The summed E-state index contributed by atoms with van der Waals surface area (Å²) in [6, 6.07) is 8.69. The van der Waals surface area contributed by atoms with Crippen LogP contribution >= 0.6 is 11.6 Å². The molecule has 2 heterocycles. The minimum absolute atomic E-state index is 0.142. The summed E-state index contributed by atoms with van der Waals surface area (Å²) in [5, 5.41) is 7.10. The topological polar surface area (TPSA) is 101 Å². The number of halogens is 1. The minimum Gasteiger partial charge on any atom is -0.490 e. The van der Waals surface area contributed by atoms with Crippen molar-refractivity contribution < 1.29 is 14.3 Å². The number of nitrogens with two attached hydrogens (primary N) is 1. The molecule has 0 aliphatic carbocycles. The minimum atomic E-state index is -0.412. The van der Waals surface area contributed by atoms with E-state index in [9.17, 15) is 9.59 Å². The van der Waals surface area contributed by atoms with Crippen LogP contribution in [0.15, 0.2) is 36.5 Å². The first-order valence-electron chi connectivity index (χ1n) is 8.02. The third-order valence-electron chi connectivity index (χ3n) is 4.25. The maximum Gasteiger partial charge on any atom is 0.271 e. The number of aromatic amines is 1. The lowest BCUT2D eigenvalue weighted by molar-refractivity contribution is -0.120. The lowest BCUT2D eigenvalue weighted by atomic mass is 9.91. The van der Waals surface area contributed by atoms with Crippen LogP contribution in [-0.2, 0) is 4.79 Å². The highest BCUT2D eigenvalue weighted by atomic mass is 35.5. The van der Waals surface area contributed by atoms with Crippen LogP contribution in [0.3, 0.4) is 0 Å². The molecule has 2 atom stereocenters. The first kappa shape index (κ1) is 17.3. The van der Waals surface area contributed by atoms with Crippen molar-refractivity contribution in [3.05, 3.63) is 47.2 Å². The molecule has 1 aromatic heterocycles. The highest BCUT2D eigenvalue weighted by Gasteiger charge is 2.34. The van der Waals surface area contributed by atoms with Crippen molar-refractivity contribution in [2.75, 3.05) is 13.1 Å². The Bertz CT molecular complexity index is 733. The number of amides is 2. The van der Waals surface area contributed by atoms with Gasteiger partial charge in [-0.05, 0) is 30.3 Å². The van der Waals surface area contributed by atoms with Crippen molar-refractivity contribution in [2.45, 2.75) is 18.9 Å². The first-order valence-corrected chi connectivity index (χ1v) is 8.40. The van der Waals surface area contributed by atoms with Crippen LogP contribution < -0.4 is 10.5 Å². The lowest BCUT2D eigenvalue weighted by Crippen LogP contribution is -2.49. The van der Waals surface area contributed by atoms with Gasteiger partial charge in [-0.15, -0.1) is 0 Å². The molecule has 2 amide bonds. The van der Waals surface area contributed by atoms with Gasteiger partial charge >= 0.3 is 0 Å². The molecule has 3 rings (SSSR count). The van der Waals surface area contributed by atoms with E-state index >= 15 is 0 Å². The number of carbonyl (C=O) groups excluding carboxylic acids is 2. The standard InChI is InChI=1S/C17H19ClN4O3/c18-12-1-3-13(4-2-12)25-15-6-8-22(10-11(15)9-16(19)23)17(24)14-5-7-20-21-14/h1-5,7,11,15H,6,8-10H2,(H2,19,23)(H,20,21)/t11-,15-/m0/s1.